The molecule has 1 amide bonds. The number of amides is 1. The van der Waals surface area contributed by atoms with Crippen molar-refractivity contribution in [1.29, 1.82) is 0 Å². The van der Waals surface area contributed by atoms with Crippen molar-refractivity contribution in [1.82, 2.24) is 5.32 Å². The van der Waals surface area contributed by atoms with E-state index in [1.54, 1.807) is 6.08 Å². The van der Waals surface area contributed by atoms with E-state index in [0.717, 1.165) is 44.9 Å². The molecule has 0 bridgehead atoms. The SMILES string of the molecule is CCC/C=C/CC/C=C/C(O)C(COC1OC(CO)C(OC2OC(CO)C(O)C(O)C2O)C(O)C1O)NC(=O)CCCCCCCCC. The van der Waals surface area contributed by atoms with Crippen molar-refractivity contribution in [3.63, 3.8) is 0 Å². The Labute approximate surface area is 284 Å². The highest BCUT2D eigenvalue weighted by atomic mass is 16.7. The Balaban J connectivity index is 2.03. The molecule has 14 heteroatoms. The van der Waals surface area contributed by atoms with Gasteiger partial charge in [0.15, 0.2) is 12.6 Å². The monoisotopic (exact) mass is 691 g/mol. The Morgan fingerprint density at radius 3 is 2.00 bits per heavy atom. The van der Waals surface area contributed by atoms with E-state index in [2.05, 4.69) is 31.3 Å². The maximum atomic E-state index is 12.8. The van der Waals surface area contributed by atoms with Crippen LogP contribution in [0.4, 0.5) is 0 Å². The third kappa shape index (κ3) is 14.0. The number of rotatable bonds is 23. The average Bonchev–Trinajstić information content (AvgIpc) is 3.08. The normalized spacial score (nSPS) is 32.5. The molecule has 2 fully saturated rings. The number of ether oxygens (including phenoxy) is 4. The molecule has 9 N–H and O–H groups in total. The van der Waals surface area contributed by atoms with Gasteiger partial charge in [-0.1, -0.05) is 83.1 Å². The fourth-order valence-corrected chi connectivity index (χ4v) is 5.60. The fourth-order valence-electron chi connectivity index (χ4n) is 5.60. The van der Waals surface area contributed by atoms with E-state index < -0.39 is 86.8 Å². The highest BCUT2D eigenvalue weighted by Crippen LogP contribution is 2.29. The lowest BCUT2D eigenvalue weighted by Gasteiger charge is -2.46. The second kappa shape index (κ2) is 23.8. The first kappa shape index (κ1) is 42.6. The maximum Gasteiger partial charge on any atom is 0.220 e. The first-order valence-corrected chi connectivity index (χ1v) is 17.6. The molecule has 2 heterocycles. The van der Waals surface area contributed by atoms with Crippen molar-refractivity contribution >= 4 is 5.91 Å². The van der Waals surface area contributed by atoms with Crippen molar-refractivity contribution < 1.29 is 64.6 Å². The number of allylic oxidation sites excluding steroid dienone is 3. The molecule has 0 aromatic rings. The van der Waals surface area contributed by atoms with Gasteiger partial charge in [0.2, 0.25) is 5.91 Å². The zero-order valence-electron chi connectivity index (χ0n) is 28.5. The van der Waals surface area contributed by atoms with E-state index in [9.17, 15) is 45.6 Å². The number of hydrogen-bond donors (Lipinski definition) is 9. The zero-order valence-corrected chi connectivity index (χ0v) is 28.5. The minimum atomic E-state index is -1.78. The van der Waals surface area contributed by atoms with E-state index in [1.165, 1.54) is 12.8 Å². The molecule has 48 heavy (non-hydrogen) atoms. The Morgan fingerprint density at radius 2 is 1.33 bits per heavy atom. The molecule has 2 saturated heterocycles. The summed E-state index contributed by atoms with van der Waals surface area (Å²) in [6.07, 6.45) is 1.70. The van der Waals surface area contributed by atoms with Gasteiger partial charge in [0.25, 0.3) is 0 Å². The standard InChI is InChI=1S/C34H61NO13/c1-3-5-7-9-11-13-15-17-23(38)22(35-26(39)18-16-14-12-10-8-6-4-2)21-45-33-31(44)29(42)32(25(20-37)47-33)48-34-30(43)28(41)27(40)24(19-36)46-34/h7,9,15,17,22-25,27-34,36-38,40-44H,3-6,8,10-14,16,18-21H2,1-2H3,(H,35,39)/b9-7+,17-15+. The van der Waals surface area contributed by atoms with Crippen molar-refractivity contribution in [2.75, 3.05) is 19.8 Å². The summed E-state index contributed by atoms with van der Waals surface area (Å²) < 4.78 is 22.4. The van der Waals surface area contributed by atoms with Gasteiger partial charge in [0.1, 0.15) is 48.8 Å². The minimum Gasteiger partial charge on any atom is -0.394 e. The van der Waals surface area contributed by atoms with Crippen LogP contribution >= 0.6 is 0 Å². The summed E-state index contributed by atoms with van der Waals surface area (Å²) in [4.78, 5) is 12.8. The molecule has 0 saturated carbocycles. The molecule has 12 unspecified atom stereocenters. The van der Waals surface area contributed by atoms with Crippen LogP contribution < -0.4 is 5.32 Å². The number of nitrogens with one attached hydrogen (secondary N) is 1. The van der Waals surface area contributed by atoms with Gasteiger partial charge in [-0.05, 0) is 25.7 Å². The third-order valence-corrected chi connectivity index (χ3v) is 8.62. The van der Waals surface area contributed by atoms with Crippen LogP contribution in [0.5, 0.6) is 0 Å². The Hall–Kier alpha value is -1.53. The van der Waals surface area contributed by atoms with Crippen molar-refractivity contribution in [2.24, 2.45) is 0 Å². The molecular formula is C34H61NO13. The topological polar surface area (TPSA) is 228 Å². The van der Waals surface area contributed by atoms with Gasteiger partial charge in [-0.3, -0.25) is 4.79 Å². The summed E-state index contributed by atoms with van der Waals surface area (Å²) in [6.45, 7) is 2.53. The summed E-state index contributed by atoms with van der Waals surface area (Å²) in [5, 5.41) is 85.5. The number of hydrogen-bond acceptors (Lipinski definition) is 13. The molecule has 280 valence electrons. The predicted octanol–water partition coefficient (Wildman–Crippen LogP) is 0.306. The van der Waals surface area contributed by atoms with Gasteiger partial charge < -0.3 is 65.1 Å². The largest absolute Gasteiger partial charge is 0.394 e. The third-order valence-electron chi connectivity index (χ3n) is 8.62. The van der Waals surface area contributed by atoms with E-state index in [4.69, 9.17) is 18.9 Å². The molecule has 2 aliphatic rings. The predicted molar refractivity (Wildman–Crippen MR) is 175 cm³/mol. The molecule has 14 nitrogen and oxygen atoms in total. The van der Waals surface area contributed by atoms with Gasteiger partial charge in [-0.25, -0.2) is 0 Å². The molecule has 0 aromatic heterocycles. The molecule has 0 aliphatic carbocycles. The first-order chi connectivity index (χ1) is 23.1. The fraction of sp³-hybridized carbons (Fsp3) is 0.853. The van der Waals surface area contributed by atoms with Crippen LogP contribution in [0.2, 0.25) is 0 Å². The molecule has 0 aromatic carbocycles. The van der Waals surface area contributed by atoms with E-state index in [-0.39, 0.29) is 18.9 Å². The number of carbonyl (C=O) groups excluding carboxylic acids is 1. The lowest BCUT2D eigenvalue weighted by molar-refractivity contribution is -0.359. The van der Waals surface area contributed by atoms with Crippen LogP contribution in [0.3, 0.4) is 0 Å². The molecule has 0 radical (unpaired) electrons. The number of unbranched alkanes of at least 4 members (excludes halogenated alkanes) is 8. The number of aliphatic hydroxyl groups excluding tert-OH is 8. The van der Waals surface area contributed by atoms with Crippen LogP contribution in [-0.4, -0.2) is 140 Å². The number of aliphatic hydroxyl groups is 8. The summed E-state index contributed by atoms with van der Waals surface area (Å²) in [6, 6.07) is -0.919. The smallest absolute Gasteiger partial charge is 0.220 e. The summed E-state index contributed by atoms with van der Waals surface area (Å²) in [5.74, 6) is -0.265. The molecule has 2 rings (SSSR count). The van der Waals surface area contributed by atoms with Crippen molar-refractivity contribution in [3.8, 4) is 0 Å². The van der Waals surface area contributed by atoms with Crippen LogP contribution in [0.25, 0.3) is 0 Å². The second-order valence-corrected chi connectivity index (χ2v) is 12.6. The van der Waals surface area contributed by atoms with E-state index in [1.807, 2.05) is 6.08 Å². The molecule has 12 atom stereocenters. The summed E-state index contributed by atoms with van der Waals surface area (Å²) in [5.41, 5.74) is 0. The van der Waals surface area contributed by atoms with E-state index in [0.29, 0.717) is 12.8 Å². The van der Waals surface area contributed by atoms with E-state index >= 15 is 0 Å². The highest BCUT2D eigenvalue weighted by molar-refractivity contribution is 5.76. The van der Waals surface area contributed by atoms with Crippen molar-refractivity contribution in [3.05, 3.63) is 24.3 Å². The van der Waals surface area contributed by atoms with Crippen LogP contribution in [0.1, 0.15) is 90.9 Å². The summed E-state index contributed by atoms with van der Waals surface area (Å²) in [7, 11) is 0. The molecule has 2 aliphatic heterocycles. The lowest BCUT2D eigenvalue weighted by atomic mass is 9.97. The second-order valence-electron chi connectivity index (χ2n) is 12.6. The lowest BCUT2D eigenvalue weighted by Crippen LogP contribution is -2.65. The number of carbonyl (C=O) groups is 1. The maximum absolute atomic E-state index is 12.8. The summed E-state index contributed by atoms with van der Waals surface area (Å²) >= 11 is 0. The van der Waals surface area contributed by atoms with Gasteiger partial charge in [-0.2, -0.15) is 0 Å². The van der Waals surface area contributed by atoms with Crippen molar-refractivity contribution in [2.45, 2.75) is 164 Å². The molecular weight excluding hydrogens is 630 g/mol. The van der Waals surface area contributed by atoms with Crippen LogP contribution in [0.15, 0.2) is 24.3 Å². The van der Waals surface area contributed by atoms with Crippen LogP contribution in [0, 0.1) is 0 Å². The van der Waals surface area contributed by atoms with Gasteiger partial charge in [0, 0.05) is 6.42 Å². The van der Waals surface area contributed by atoms with Gasteiger partial charge in [-0.15, -0.1) is 0 Å². The Kier molecular flexibility index (Phi) is 21.1. The van der Waals surface area contributed by atoms with Crippen LogP contribution in [-0.2, 0) is 23.7 Å². The van der Waals surface area contributed by atoms with Gasteiger partial charge in [0.05, 0.1) is 32.0 Å². The highest BCUT2D eigenvalue weighted by Gasteiger charge is 2.50. The Morgan fingerprint density at radius 1 is 0.729 bits per heavy atom. The average molecular weight is 692 g/mol. The zero-order chi connectivity index (χ0) is 35.5. The van der Waals surface area contributed by atoms with Gasteiger partial charge >= 0.3 is 0 Å². The molecule has 0 spiro atoms. The quantitative estimate of drug-likeness (QED) is 0.0520. The Bertz CT molecular complexity index is 919. The minimum absolute atomic E-state index is 0.265. The first-order valence-electron chi connectivity index (χ1n) is 17.6.